The van der Waals surface area contributed by atoms with Crippen LogP contribution in [0.4, 0.5) is 5.69 Å². The van der Waals surface area contributed by atoms with Crippen molar-refractivity contribution in [1.29, 1.82) is 0 Å². The summed E-state index contributed by atoms with van der Waals surface area (Å²) in [6.07, 6.45) is 0. The summed E-state index contributed by atoms with van der Waals surface area (Å²) in [7, 11) is -1.99. The second-order valence-electron chi connectivity index (χ2n) is 9.15. The quantitative estimate of drug-likeness (QED) is 0.429. The Morgan fingerprint density at radius 3 is 2.34 bits per heavy atom. The zero-order valence-corrected chi connectivity index (χ0v) is 19.1. The molecular weight excluding hydrogens is 422 g/mol. The molecule has 0 unspecified atom stereocenters. The van der Waals surface area contributed by atoms with Gasteiger partial charge in [-0.1, -0.05) is 51.1 Å². The highest BCUT2D eigenvalue weighted by atomic mass is 32.2. The van der Waals surface area contributed by atoms with Crippen LogP contribution in [0.15, 0.2) is 65.6 Å². The van der Waals surface area contributed by atoms with Crippen LogP contribution in [0.25, 0.3) is 22.0 Å². The van der Waals surface area contributed by atoms with Crippen LogP contribution in [0.2, 0.25) is 0 Å². The summed E-state index contributed by atoms with van der Waals surface area (Å²) in [5, 5.41) is 6.40. The summed E-state index contributed by atoms with van der Waals surface area (Å²) >= 11 is 0. The second-order valence-corrected chi connectivity index (χ2v) is 10.8. The van der Waals surface area contributed by atoms with Gasteiger partial charge < -0.3 is 0 Å². The number of carbonyl (C=O) groups excluding carboxylic acids is 1. The lowest BCUT2D eigenvalue weighted by molar-refractivity contribution is 0.104. The predicted octanol–water partition coefficient (Wildman–Crippen LogP) is 4.88. The standard InChI is InChI=1S/C25H23N3O3S/c1-25(2,3)24-21-22(28(4)26-24)19-12-10-17(14-20(19)23(21)29)27-32(30,31)18-11-9-15-7-5-6-8-16(15)13-18/h5-14,27H,1-4H3. The summed E-state index contributed by atoms with van der Waals surface area (Å²) < 4.78 is 30.4. The number of anilines is 1. The number of aryl methyl sites for hydroxylation is 1. The number of hydrogen-bond acceptors (Lipinski definition) is 4. The topological polar surface area (TPSA) is 81.1 Å². The summed E-state index contributed by atoms with van der Waals surface area (Å²) in [5.41, 5.74) is 3.44. The highest BCUT2D eigenvalue weighted by molar-refractivity contribution is 7.92. The SMILES string of the molecule is Cn1nc(C(C)(C)C)c2c1-c1ccc(NS(=O)(=O)c3ccc4ccccc4c3)cc1C2=O. The third-order valence-electron chi connectivity index (χ3n) is 5.79. The van der Waals surface area contributed by atoms with Crippen LogP contribution in [0, 0.1) is 0 Å². The molecule has 0 amide bonds. The molecule has 7 heteroatoms. The van der Waals surface area contributed by atoms with Gasteiger partial charge in [0.2, 0.25) is 0 Å². The monoisotopic (exact) mass is 445 g/mol. The van der Waals surface area contributed by atoms with Gasteiger partial charge in [0.05, 0.1) is 21.8 Å². The van der Waals surface area contributed by atoms with E-state index in [2.05, 4.69) is 9.82 Å². The Bertz CT molecular complexity index is 1530. The first kappa shape index (κ1) is 20.5. The van der Waals surface area contributed by atoms with Crippen LogP contribution >= 0.6 is 0 Å². The summed E-state index contributed by atoms with van der Waals surface area (Å²) in [5.74, 6) is -0.125. The van der Waals surface area contributed by atoms with E-state index in [1.54, 1.807) is 41.1 Å². The van der Waals surface area contributed by atoms with Gasteiger partial charge in [0.1, 0.15) is 0 Å². The van der Waals surface area contributed by atoms with Crippen molar-refractivity contribution in [2.45, 2.75) is 31.1 Å². The average molecular weight is 446 g/mol. The summed E-state index contributed by atoms with van der Waals surface area (Å²) in [4.78, 5) is 13.4. The smallest absolute Gasteiger partial charge is 0.261 e. The molecule has 0 saturated carbocycles. The third-order valence-corrected chi connectivity index (χ3v) is 7.17. The van der Waals surface area contributed by atoms with Gasteiger partial charge in [0.25, 0.3) is 10.0 Å². The van der Waals surface area contributed by atoms with Crippen LogP contribution in [0.3, 0.4) is 0 Å². The normalized spacial score (nSPS) is 13.3. The molecule has 3 aromatic carbocycles. The molecule has 1 aliphatic rings. The Morgan fingerprint density at radius 2 is 1.62 bits per heavy atom. The number of hydrogen-bond donors (Lipinski definition) is 1. The van der Waals surface area contributed by atoms with Gasteiger partial charge in [-0.2, -0.15) is 5.10 Å². The minimum Gasteiger partial charge on any atom is -0.288 e. The van der Waals surface area contributed by atoms with E-state index in [0.717, 1.165) is 27.7 Å². The van der Waals surface area contributed by atoms with Gasteiger partial charge in [-0.15, -0.1) is 0 Å². The van der Waals surface area contributed by atoms with Crippen molar-refractivity contribution >= 4 is 32.3 Å². The molecule has 32 heavy (non-hydrogen) atoms. The van der Waals surface area contributed by atoms with Crippen LogP contribution in [-0.2, 0) is 22.5 Å². The molecule has 1 aromatic heterocycles. The zero-order valence-electron chi connectivity index (χ0n) is 18.3. The summed E-state index contributed by atoms with van der Waals surface area (Å²) in [6.45, 7) is 6.07. The van der Waals surface area contributed by atoms with Crippen molar-refractivity contribution in [1.82, 2.24) is 9.78 Å². The Balaban J connectivity index is 1.52. The Hall–Kier alpha value is -3.45. The molecule has 1 heterocycles. The van der Waals surface area contributed by atoms with Crippen molar-refractivity contribution < 1.29 is 13.2 Å². The Labute approximate surface area is 186 Å². The maximum atomic E-state index is 13.3. The van der Waals surface area contributed by atoms with Gasteiger partial charge in [-0.3, -0.25) is 14.2 Å². The molecule has 0 aliphatic heterocycles. The minimum absolute atomic E-state index is 0.125. The number of sulfonamides is 1. The van der Waals surface area contributed by atoms with Crippen LogP contribution < -0.4 is 4.72 Å². The molecule has 162 valence electrons. The maximum absolute atomic E-state index is 13.3. The first-order valence-electron chi connectivity index (χ1n) is 10.3. The Kier molecular flexibility index (Phi) is 4.33. The lowest BCUT2D eigenvalue weighted by Gasteiger charge is -2.16. The molecule has 0 atom stereocenters. The fraction of sp³-hybridized carbons (Fsp3) is 0.200. The van der Waals surface area contributed by atoms with Crippen molar-refractivity contribution in [3.63, 3.8) is 0 Å². The number of fused-ring (bicyclic) bond motifs is 4. The fourth-order valence-electron chi connectivity index (χ4n) is 4.26. The fourth-order valence-corrected chi connectivity index (χ4v) is 5.34. The molecular formula is C25H23N3O3S. The van der Waals surface area contributed by atoms with Crippen molar-refractivity contribution in [3.05, 3.63) is 77.5 Å². The molecule has 4 aromatic rings. The van der Waals surface area contributed by atoms with E-state index in [1.165, 1.54) is 0 Å². The maximum Gasteiger partial charge on any atom is 0.261 e. The predicted molar refractivity (Wildman–Crippen MR) is 126 cm³/mol. The third kappa shape index (κ3) is 3.12. The lowest BCUT2D eigenvalue weighted by Crippen LogP contribution is -2.17. The molecule has 6 nitrogen and oxygen atoms in total. The van der Waals surface area contributed by atoms with E-state index in [0.29, 0.717) is 16.8 Å². The van der Waals surface area contributed by atoms with Crippen LogP contribution in [-0.4, -0.2) is 24.0 Å². The van der Waals surface area contributed by atoms with Crippen molar-refractivity contribution in [2.75, 3.05) is 4.72 Å². The van der Waals surface area contributed by atoms with Crippen molar-refractivity contribution in [2.24, 2.45) is 7.05 Å². The van der Waals surface area contributed by atoms with Crippen LogP contribution in [0.5, 0.6) is 0 Å². The molecule has 1 aliphatic carbocycles. The largest absolute Gasteiger partial charge is 0.288 e. The van der Waals surface area contributed by atoms with E-state index in [9.17, 15) is 13.2 Å². The number of benzene rings is 3. The number of carbonyl (C=O) groups is 1. The molecule has 0 saturated heterocycles. The first-order valence-corrected chi connectivity index (χ1v) is 11.8. The van der Waals surface area contributed by atoms with Gasteiger partial charge in [-0.25, -0.2) is 8.42 Å². The van der Waals surface area contributed by atoms with Gasteiger partial charge in [0, 0.05) is 29.3 Å². The number of ketones is 1. The number of nitrogens with one attached hydrogen (secondary N) is 1. The molecule has 1 N–H and O–H groups in total. The van der Waals surface area contributed by atoms with Gasteiger partial charge in [-0.05, 0) is 41.1 Å². The second kappa shape index (κ2) is 6.77. The van der Waals surface area contributed by atoms with Crippen molar-refractivity contribution in [3.8, 4) is 11.3 Å². The number of rotatable bonds is 3. The van der Waals surface area contributed by atoms with E-state index in [4.69, 9.17) is 0 Å². The summed E-state index contributed by atoms with van der Waals surface area (Å²) in [6, 6.07) is 17.7. The van der Waals surface area contributed by atoms with E-state index < -0.39 is 10.0 Å². The highest BCUT2D eigenvalue weighted by Gasteiger charge is 2.37. The molecule has 0 bridgehead atoms. The Morgan fingerprint density at radius 1 is 0.906 bits per heavy atom. The van der Waals surface area contributed by atoms with Gasteiger partial charge >= 0.3 is 0 Å². The lowest BCUT2D eigenvalue weighted by atomic mass is 9.88. The highest BCUT2D eigenvalue weighted by Crippen LogP contribution is 2.42. The molecule has 0 fully saturated rings. The van der Waals surface area contributed by atoms with Gasteiger partial charge in [0.15, 0.2) is 5.78 Å². The minimum atomic E-state index is -3.81. The average Bonchev–Trinajstić information content (AvgIpc) is 3.23. The first-order chi connectivity index (χ1) is 15.1. The van der Waals surface area contributed by atoms with E-state index in [1.807, 2.05) is 52.1 Å². The number of nitrogens with zero attached hydrogens (tertiary/aromatic N) is 2. The molecule has 5 rings (SSSR count). The van der Waals surface area contributed by atoms with E-state index >= 15 is 0 Å². The molecule has 0 spiro atoms. The van der Waals surface area contributed by atoms with E-state index in [-0.39, 0.29) is 16.1 Å². The number of aromatic nitrogens is 2. The van der Waals surface area contributed by atoms with Crippen LogP contribution in [0.1, 0.15) is 42.4 Å². The molecule has 0 radical (unpaired) electrons. The zero-order chi connectivity index (χ0) is 22.8.